The number of Topliss-reactive ketones (excluding diaryl/α,β-unsaturated/α-hetero) is 3. The van der Waals surface area contributed by atoms with Gasteiger partial charge in [-0.15, -0.1) is 0 Å². The number of rotatable bonds is 3. The maximum atomic E-state index is 14.6. The first-order valence-electron chi connectivity index (χ1n) is 13.1. The van der Waals surface area contributed by atoms with E-state index in [4.69, 9.17) is 11.6 Å². The molecule has 4 aromatic carbocycles. The second kappa shape index (κ2) is 8.83. The molecule has 2 heterocycles. The predicted molar refractivity (Wildman–Crippen MR) is 153 cm³/mol. The van der Waals surface area contributed by atoms with Gasteiger partial charge in [0.05, 0.1) is 6.04 Å². The molecule has 3 atom stereocenters. The topological polar surface area (TPSA) is 54.5 Å². The van der Waals surface area contributed by atoms with Crippen molar-refractivity contribution in [3.63, 3.8) is 0 Å². The fraction of sp³-hybridized carbons (Fsp3) is 0.147. The van der Waals surface area contributed by atoms with E-state index in [1.54, 1.807) is 54.6 Å². The first-order chi connectivity index (χ1) is 19.3. The van der Waals surface area contributed by atoms with Crippen LogP contribution in [0.25, 0.3) is 6.08 Å². The minimum Gasteiger partial charge on any atom is -0.352 e. The van der Waals surface area contributed by atoms with Crippen LogP contribution in [0.1, 0.15) is 53.7 Å². The van der Waals surface area contributed by atoms with Crippen molar-refractivity contribution in [1.29, 1.82) is 0 Å². The smallest absolute Gasteiger partial charge is 0.185 e. The second-order valence-corrected chi connectivity index (χ2v) is 11.1. The highest BCUT2D eigenvalue weighted by atomic mass is 35.5. The molecule has 2 aliphatic heterocycles. The highest BCUT2D eigenvalue weighted by Crippen LogP contribution is 2.61. The Morgan fingerprint density at radius 3 is 2.17 bits per heavy atom. The number of fused-ring (bicyclic) bond motifs is 5. The minimum atomic E-state index is -1.62. The molecule has 1 aliphatic carbocycles. The van der Waals surface area contributed by atoms with Crippen molar-refractivity contribution in [2.24, 2.45) is 5.41 Å². The lowest BCUT2D eigenvalue weighted by molar-refractivity contribution is 0.0666. The normalized spacial score (nSPS) is 21.9. The molecule has 40 heavy (non-hydrogen) atoms. The maximum absolute atomic E-state index is 14.6. The fourth-order valence-electron chi connectivity index (χ4n) is 6.88. The molecule has 3 aliphatic rings. The lowest BCUT2D eigenvalue weighted by Crippen LogP contribution is -2.48. The molecule has 0 saturated carbocycles. The van der Waals surface area contributed by atoms with Crippen molar-refractivity contribution >= 4 is 40.7 Å². The summed E-state index contributed by atoms with van der Waals surface area (Å²) in [6.45, 7) is 1.94. The minimum absolute atomic E-state index is 0.219. The zero-order valence-electron chi connectivity index (χ0n) is 21.5. The lowest BCUT2D eigenvalue weighted by atomic mass is 9.64. The van der Waals surface area contributed by atoms with Gasteiger partial charge in [0.25, 0.3) is 0 Å². The molecule has 0 radical (unpaired) electrons. The van der Waals surface area contributed by atoms with Gasteiger partial charge in [-0.25, -0.2) is 4.39 Å². The Bertz CT molecular complexity index is 1720. The van der Waals surface area contributed by atoms with Gasteiger partial charge in [-0.05, 0) is 48.4 Å². The summed E-state index contributed by atoms with van der Waals surface area (Å²) in [6, 6.07) is 23.6. The standard InChI is InChI=1S/C34H23ClFNO3/c1-19-6-8-21(9-7-19)31(38)30-29(20-10-14-24(36)15-11-20)34(32(39)25-4-2-3-5-26(25)33(34)40)28-17-12-22-18-23(35)13-16-27(22)37(28)30/h2-18,28-30H,1H3/t28-,29-,30+/m1/s1. The van der Waals surface area contributed by atoms with Crippen molar-refractivity contribution in [2.75, 3.05) is 4.90 Å². The molecule has 4 aromatic rings. The quantitative estimate of drug-likeness (QED) is 0.203. The average molecular weight is 548 g/mol. The van der Waals surface area contributed by atoms with Crippen LogP contribution in [0.5, 0.6) is 0 Å². The number of anilines is 1. The monoisotopic (exact) mass is 547 g/mol. The summed E-state index contributed by atoms with van der Waals surface area (Å²) in [5.41, 5.74) is 2.60. The number of aryl methyl sites for hydroxylation is 1. The maximum Gasteiger partial charge on any atom is 0.185 e. The third-order valence-electron chi connectivity index (χ3n) is 8.60. The van der Waals surface area contributed by atoms with Gasteiger partial charge in [0.2, 0.25) is 0 Å². The summed E-state index contributed by atoms with van der Waals surface area (Å²) in [4.78, 5) is 45.6. The molecule has 6 heteroatoms. The highest BCUT2D eigenvalue weighted by Gasteiger charge is 2.71. The number of carbonyl (C=O) groups excluding carboxylic acids is 3. The van der Waals surface area contributed by atoms with Crippen molar-refractivity contribution in [3.8, 4) is 0 Å². The van der Waals surface area contributed by atoms with E-state index in [2.05, 4.69) is 0 Å². The van der Waals surface area contributed by atoms with Gasteiger partial charge in [0.15, 0.2) is 17.3 Å². The molecule has 0 aromatic heterocycles. The lowest BCUT2D eigenvalue weighted by Gasteiger charge is -2.37. The molecule has 7 rings (SSSR count). The summed E-state index contributed by atoms with van der Waals surface area (Å²) < 4.78 is 14.2. The Labute approximate surface area is 235 Å². The Balaban J connectivity index is 1.54. The molecule has 4 nitrogen and oxygen atoms in total. The Morgan fingerprint density at radius 2 is 1.52 bits per heavy atom. The largest absolute Gasteiger partial charge is 0.352 e. The number of ketones is 3. The first-order valence-corrected chi connectivity index (χ1v) is 13.5. The van der Waals surface area contributed by atoms with Crippen molar-refractivity contribution in [2.45, 2.75) is 24.9 Å². The van der Waals surface area contributed by atoms with Crippen LogP contribution in [0.15, 0.2) is 97.1 Å². The highest BCUT2D eigenvalue weighted by molar-refractivity contribution is 6.32. The fourth-order valence-corrected chi connectivity index (χ4v) is 7.06. The van der Waals surface area contributed by atoms with Gasteiger partial charge < -0.3 is 4.90 Å². The molecular formula is C34H23ClFNO3. The van der Waals surface area contributed by atoms with E-state index in [0.29, 0.717) is 33.0 Å². The van der Waals surface area contributed by atoms with E-state index >= 15 is 0 Å². The molecule has 0 bridgehead atoms. The van der Waals surface area contributed by atoms with Gasteiger partial charge in [0, 0.05) is 33.3 Å². The number of hydrogen-bond donors (Lipinski definition) is 0. The third-order valence-corrected chi connectivity index (χ3v) is 8.83. The molecule has 1 spiro atoms. The van der Waals surface area contributed by atoms with E-state index in [1.165, 1.54) is 12.1 Å². The number of nitrogens with zero attached hydrogens (tertiary/aromatic N) is 1. The average Bonchev–Trinajstić information content (AvgIpc) is 3.39. The number of halogens is 2. The van der Waals surface area contributed by atoms with E-state index in [0.717, 1.165) is 11.1 Å². The second-order valence-electron chi connectivity index (χ2n) is 10.7. The Kier molecular flexibility index (Phi) is 5.45. The van der Waals surface area contributed by atoms with Crippen LogP contribution >= 0.6 is 11.6 Å². The van der Waals surface area contributed by atoms with Gasteiger partial charge in [-0.1, -0.05) is 90.0 Å². The Morgan fingerprint density at radius 1 is 0.875 bits per heavy atom. The van der Waals surface area contributed by atoms with Crippen LogP contribution in [-0.2, 0) is 0 Å². The molecule has 1 saturated heterocycles. The number of hydrogen-bond acceptors (Lipinski definition) is 4. The van der Waals surface area contributed by atoms with Crippen molar-refractivity contribution in [1.82, 2.24) is 0 Å². The molecule has 0 N–H and O–H groups in total. The van der Waals surface area contributed by atoms with Crippen LogP contribution < -0.4 is 4.90 Å². The zero-order chi connectivity index (χ0) is 27.8. The molecule has 0 amide bonds. The molecular weight excluding hydrogens is 525 g/mol. The summed E-state index contributed by atoms with van der Waals surface area (Å²) in [6.07, 6.45) is 3.72. The SMILES string of the molecule is Cc1ccc(C(=O)[C@@H]2[C@@H](c3ccc(F)cc3)C3(C(=O)c4ccccc4C3=O)[C@H]3C=Cc4cc(Cl)ccc4N23)cc1. The van der Waals surface area contributed by atoms with Crippen LogP contribution in [0.2, 0.25) is 5.02 Å². The van der Waals surface area contributed by atoms with Crippen molar-refractivity contribution in [3.05, 3.63) is 141 Å². The van der Waals surface area contributed by atoms with Crippen molar-refractivity contribution < 1.29 is 18.8 Å². The van der Waals surface area contributed by atoms with Crippen LogP contribution in [0.4, 0.5) is 10.1 Å². The van der Waals surface area contributed by atoms with Gasteiger partial charge in [-0.3, -0.25) is 14.4 Å². The van der Waals surface area contributed by atoms with Gasteiger partial charge in [-0.2, -0.15) is 0 Å². The summed E-state index contributed by atoms with van der Waals surface area (Å²) in [5.74, 6) is -2.19. The molecule has 1 fully saturated rings. The third kappa shape index (κ3) is 3.28. The Hall–Kier alpha value is -4.35. The number of benzene rings is 4. The van der Waals surface area contributed by atoms with Gasteiger partial charge in [0.1, 0.15) is 17.3 Å². The molecule has 0 unspecified atom stereocenters. The van der Waals surface area contributed by atoms with E-state index < -0.39 is 29.2 Å². The summed E-state index contributed by atoms with van der Waals surface area (Å²) in [5, 5.41) is 0.535. The predicted octanol–water partition coefficient (Wildman–Crippen LogP) is 7.10. The van der Waals surface area contributed by atoms with Crippen LogP contribution in [-0.4, -0.2) is 29.4 Å². The van der Waals surface area contributed by atoms with Crippen LogP contribution in [0.3, 0.4) is 0 Å². The summed E-state index contributed by atoms with van der Waals surface area (Å²) in [7, 11) is 0. The summed E-state index contributed by atoms with van der Waals surface area (Å²) >= 11 is 6.33. The van der Waals surface area contributed by atoms with Gasteiger partial charge >= 0.3 is 0 Å². The zero-order valence-corrected chi connectivity index (χ0v) is 22.2. The van der Waals surface area contributed by atoms with E-state index in [1.807, 2.05) is 48.2 Å². The number of carbonyl (C=O) groups is 3. The molecule has 196 valence electrons. The first kappa shape index (κ1) is 24.7. The van der Waals surface area contributed by atoms with E-state index in [9.17, 15) is 18.8 Å². The van der Waals surface area contributed by atoms with Crippen LogP contribution in [0, 0.1) is 18.2 Å². The van der Waals surface area contributed by atoms with E-state index in [-0.39, 0.29) is 17.3 Å².